The molecule has 6 heteroatoms. The van der Waals surface area contributed by atoms with Crippen molar-refractivity contribution in [2.45, 2.75) is 33.4 Å². The quantitative estimate of drug-likeness (QED) is 0.313. The van der Waals surface area contributed by atoms with Gasteiger partial charge in [0.05, 0.1) is 24.8 Å². The highest BCUT2D eigenvalue weighted by Gasteiger charge is 2.46. The summed E-state index contributed by atoms with van der Waals surface area (Å²) < 4.78 is 5.59. The second kappa shape index (κ2) is 9.01. The highest BCUT2D eigenvalue weighted by Crippen LogP contribution is 2.42. The minimum Gasteiger partial charge on any atom is -0.507 e. The monoisotopic (exact) mass is 447 g/mol. The van der Waals surface area contributed by atoms with Crippen LogP contribution in [-0.2, 0) is 16.1 Å². The average Bonchev–Trinajstić information content (AvgIpc) is 3.38. The molecule has 0 radical (unpaired) electrons. The van der Waals surface area contributed by atoms with Crippen LogP contribution in [-0.4, -0.2) is 28.3 Å². The average molecular weight is 448 g/mol. The van der Waals surface area contributed by atoms with E-state index in [9.17, 15) is 14.7 Å². The first-order valence-electron chi connectivity index (χ1n) is 10.5. The van der Waals surface area contributed by atoms with Crippen LogP contribution < -0.4 is 4.74 Å². The van der Waals surface area contributed by atoms with E-state index < -0.39 is 17.7 Å². The highest BCUT2D eigenvalue weighted by atomic mass is 32.1. The molecule has 0 bridgehead atoms. The van der Waals surface area contributed by atoms with Gasteiger partial charge in [-0.1, -0.05) is 30.3 Å². The molecule has 1 saturated heterocycles. The number of likely N-dealkylation sites (tertiary alicyclic amines) is 1. The van der Waals surface area contributed by atoms with Crippen LogP contribution in [0.1, 0.15) is 40.1 Å². The molecule has 0 saturated carbocycles. The first kappa shape index (κ1) is 21.8. The Balaban J connectivity index is 1.86. The Labute approximate surface area is 191 Å². The van der Waals surface area contributed by atoms with Crippen LogP contribution in [0.3, 0.4) is 0 Å². The third-order valence-electron chi connectivity index (χ3n) is 5.68. The predicted octanol–water partition coefficient (Wildman–Crippen LogP) is 5.39. The molecule has 2 heterocycles. The van der Waals surface area contributed by atoms with Crippen LogP contribution >= 0.6 is 11.3 Å². The van der Waals surface area contributed by atoms with Crippen molar-refractivity contribution in [1.82, 2.24) is 4.90 Å². The number of rotatable bonds is 6. The van der Waals surface area contributed by atoms with E-state index in [0.29, 0.717) is 18.7 Å². The molecule has 0 spiro atoms. The lowest BCUT2D eigenvalue weighted by Gasteiger charge is -2.26. The fourth-order valence-corrected chi connectivity index (χ4v) is 4.80. The summed E-state index contributed by atoms with van der Waals surface area (Å²) in [5.74, 6) is -0.719. The minimum atomic E-state index is -0.668. The summed E-state index contributed by atoms with van der Waals surface area (Å²) in [5.41, 5.74) is 3.22. The van der Waals surface area contributed by atoms with Crippen molar-refractivity contribution in [3.8, 4) is 5.75 Å². The number of aliphatic hydroxyl groups is 1. The lowest BCUT2D eigenvalue weighted by molar-refractivity contribution is -0.140. The van der Waals surface area contributed by atoms with Gasteiger partial charge < -0.3 is 14.7 Å². The normalized spacial score (nSPS) is 17.7. The van der Waals surface area contributed by atoms with Crippen molar-refractivity contribution in [2.75, 3.05) is 6.61 Å². The van der Waals surface area contributed by atoms with Gasteiger partial charge in [-0.2, -0.15) is 0 Å². The molecule has 32 heavy (non-hydrogen) atoms. The summed E-state index contributed by atoms with van der Waals surface area (Å²) in [4.78, 5) is 28.8. The zero-order valence-corrected chi connectivity index (χ0v) is 19.1. The van der Waals surface area contributed by atoms with Crippen molar-refractivity contribution < 1.29 is 19.4 Å². The Morgan fingerprint density at radius 3 is 2.50 bits per heavy atom. The molecule has 1 N–H and O–H groups in total. The molecule has 3 aromatic rings. The fraction of sp³-hybridized carbons (Fsp3) is 0.231. The van der Waals surface area contributed by atoms with Crippen LogP contribution in [0.4, 0.5) is 0 Å². The van der Waals surface area contributed by atoms with Gasteiger partial charge in [-0.05, 0) is 67.1 Å². The zero-order valence-electron chi connectivity index (χ0n) is 18.3. The number of ether oxygens (including phenoxy) is 1. The number of hydrogen-bond acceptors (Lipinski definition) is 5. The molecular weight excluding hydrogens is 422 g/mol. The second-order valence-electron chi connectivity index (χ2n) is 7.78. The summed E-state index contributed by atoms with van der Waals surface area (Å²) in [7, 11) is 0. The minimum absolute atomic E-state index is 0.115. The van der Waals surface area contributed by atoms with E-state index >= 15 is 0 Å². The van der Waals surface area contributed by atoms with E-state index in [-0.39, 0.29) is 11.3 Å². The Bertz CT molecular complexity index is 1200. The smallest absolute Gasteiger partial charge is 0.295 e. The Hall–Kier alpha value is -3.38. The first-order chi connectivity index (χ1) is 15.4. The van der Waals surface area contributed by atoms with Gasteiger partial charge in [0.15, 0.2) is 0 Å². The molecule has 5 nitrogen and oxygen atoms in total. The van der Waals surface area contributed by atoms with Crippen LogP contribution in [0, 0.1) is 13.8 Å². The summed E-state index contributed by atoms with van der Waals surface area (Å²) in [6.07, 6.45) is 0. The summed E-state index contributed by atoms with van der Waals surface area (Å²) in [5, 5.41) is 13.2. The second-order valence-corrected chi connectivity index (χ2v) is 8.81. The molecule has 0 aliphatic carbocycles. The van der Waals surface area contributed by atoms with Gasteiger partial charge in [0.1, 0.15) is 11.5 Å². The van der Waals surface area contributed by atoms with Crippen LogP contribution in [0.2, 0.25) is 0 Å². The summed E-state index contributed by atoms with van der Waals surface area (Å²) in [6.45, 7) is 6.58. The lowest BCUT2D eigenvalue weighted by atomic mass is 9.92. The summed E-state index contributed by atoms with van der Waals surface area (Å²) in [6, 6.07) is 16.1. The number of ketones is 1. The van der Waals surface area contributed by atoms with E-state index in [4.69, 9.17) is 4.74 Å². The third kappa shape index (κ3) is 3.94. The van der Waals surface area contributed by atoms with Gasteiger partial charge in [-0.25, -0.2) is 0 Å². The number of nitrogens with zero attached hydrogens (tertiary/aromatic N) is 1. The number of carbonyl (C=O) groups is 2. The maximum absolute atomic E-state index is 13.2. The molecule has 1 aliphatic heterocycles. The Kier molecular flexibility index (Phi) is 6.15. The molecule has 1 aliphatic rings. The molecule has 1 atom stereocenters. The number of hydrogen-bond donors (Lipinski definition) is 1. The van der Waals surface area contributed by atoms with Gasteiger partial charge in [0, 0.05) is 10.4 Å². The van der Waals surface area contributed by atoms with Crippen molar-refractivity contribution in [2.24, 2.45) is 0 Å². The number of Topliss-reactive ketones (excluding diaryl/α,β-unsaturated/α-hetero) is 1. The standard InChI is InChI=1S/C26H25NO4S/c1-4-31-21-12-11-18(14-17(21)3)24(28)22-23(20-10-6-5-8-16(20)2)27(26(30)25(22)29)15-19-9-7-13-32-19/h5-14,23,28H,4,15H2,1-3H3/b24-22+. The molecule has 4 rings (SSSR count). The molecular formula is C26H25NO4S. The van der Waals surface area contributed by atoms with E-state index in [0.717, 1.165) is 27.3 Å². The number of amides is 1. The number of carbonyl (C=O) groups excluding carboxylic acids is 2. The number of benzene rings is 2. The number of aryl methyl sites for hydroxylation is 2. The Morgan fingerprint density at radius 2 is 1.84 bits per heavy atom. The number of aliphatic hydroxyl groups excluding tert-OH is 1. The zero-order chi connectivity index (χ0) is 22.8. The third-order valence-corrected chi connectivity index (χ3v) is 6.54. The van der Waals surface area contributed by atoms with Crippen LogP contribution in [0.15, 0.2) is 65.6 Å². The maximum Gasteiger partial charge on any atom is 0.295 e. The van der Waals surface area contributed by atoms with Crippen LogP contribution in [0.25, 0.3) is 5.76 Å². The fourth-order valence-electron chi connectivity index (χ4n) is 4.10. The SMILES string of the molecule is CCOc1ccc(/C(O)=C2\C(=O)C(=O)N(Cc3cccs3)C2c2ccccc2C)cc1C. The first-order valence-corrected chi connectivity index (χ1v) is 11.4. The van der Waals surface area contributed by atoms with E-state index in [1.165, 1.54) is 11.3 Å². The van der Waals surface area contributed by atoms with Gasteiger partial charge >= 0.3 is 0 Å². The van der Waals surface area contributed by atoms with Crippen LogP contribution in [0.5, 0.6) is 5.75 Å². The summed E-state index contributed by atoms with van der Waals surface area (Å²) >= 11 is 1.53. The molecule has 1 unspecified atom stereocenters. The van der Waals surface area contributed by atoms with Crippen molar-refractivity contribution in [1.29, 1.82) is 0 Å². The highest BCUT2D eigenvalue weighted by molar-refractivity contribution is 7.09. The topological polar surface area (TPSA) is 66.8 Å². The predicted molar refractivity (Wildman–Crippen MR) is 126 cm³/mol. The van der Waals surface area contributed by atoms with Crippen molar-refractivity contribution in [3.63, 3.8) is 0 Å². The molecule has 164 valence electrons. The maximum atomic E-state index is 13.2. The Morgan fingerprint density at radius 1 is 1.06 bits per heavy atom. The van der Waals surface area contributed by atoms with Gasteiger partial charge in [-0.3, -0.25) is 9.59 Å². The van der Waals surface area contributed by atoms with E-state index in [2.05, 4.69) is 0 Å². The van der Waals surface area contributed by atoms with Crippen molar-refractivity contribution >= 4 is 28.8 Å². The van der Waals surface area contributed by atoms with Gasteiger partial charge in [-0.15, -0.1) is 11.3 Å². The number of thiophene rings is 1. The molecule has 2 aromatic carbocycles. The van der Waals surface area contributed by atoms with Gasteiger partial charge in [0.25, 0.3) is 11.7 Å². The lowest BCUT2D eigenvalue weighted by Crippen LogP contribution is -2.29. The van der Waals surface area contributed by atoms with E-state index in [1.54, 1.807) is 23.1 Å². The molecule has 1 amide bonds. The molecule has 1 fully saturated rings. The van der Waals surface area contributed by atoms with Gasteiger partial charge in [0.2, 0.25) is 0 Å². The van der Waals surface area contributed by atoms with E-state index in [1.807, 2.05) is 62.5 Å². The largest absolute Gasteiger partial charge is 0.507 e. The molecule has 1 aromatic heterocycles. The van der Waals surface area contributed by atoms with Crippen molar-refractivity contribution in [3.05, 3.63) is 92.7 Å².